The summed E-state index contributed by atoms with van der Waals surface area (Å²) in [5, 5.41) is 4.01. The normalized spacial score (nSPS) is 21.5. The maximum absolute atomic E-state index is 11.9. The van der Waals surface area contributed by atoms with Crippen LogP contribution in [0.3, 0.4) is 0 Å². The fourth-order valence-electron chi connectivity index (χ4n) is 3.41. The first-order valence-electron chi connectivity index (χ1n) is 8.47. The van der Waals surface area contributed by atoms with Crippen LogP contribution < -0.4 is 5.32 Å². The molecule has 1 atom stereocenters. The molecule has 3 rings (SSSR count). The molecule has 0 unspecified atom stereocenters. The Bertz CT molecular complexity index is 504. The predicted octanol–water partition coefficient (Wildman–Crippen LogP) is 3.78. The van der Waals surface area contributed by atoms with Gasteiger partial charge in [-0.25, -0.2) is 0 Å². The van der Waals surface area contributed by atoms with Crippen molar-refractivity contribution in [3.8, 4) is 0 Å². The van der Waals surface area contributed by atoms with Crippen molar-refractivity contribution in [2.45, 2.75) is 51.1 Å². The van der Waals surface area contributed by atoms with Crippen molar-refractivity contribution < 1.29 is 4.79 Å². The molecular formula is C18H25ClN2O. The third-order valence-electron chi connectivity index (χ3n) is 4.91. The van der Waals surface area contributed by atoms with Gasteiger partial charge in [0.25, 0.3) is 0 Å². The third kappa shape index (κ3) is 3.82. The standard InChI is InChI=1S/C18H25ClN2O/c1-2-17(13-5-7-15(19)8-6-13)21-11-9-16(10-12-21)20-18(22)14-3-4-14/h5-8,14,16-17H,2-4,9-12H2,1H3,(H,20,22)/t17-/m1/s1. The van der Waals surface area contributed by atoms with Crippen LogP contribution in [0.5, 0.6) is 0 Å². The molecule has 120 valence electrons. The number of piperidine rings is 1. The van der Waals surface area contributed by atoms with Crippen LogP contribution in [0.4, 0.5) is 0 Å². The Morgan fingerprint density at radius 1 is 1.23 bits per heavy atom. The van der Waals surface area contributed by atoms with E-state index in [-0.39, 0.29) is 5.91 Å². The number of carbonyl (C=O) groups excluding carboxylic acids is 1. The zero-order valence-electron chi connectivity index (χ0n) is 13.2. The highest BCUT2D eigenvalue weighted by atomic mass is 35.5. The number of rotatable bonds is 5. The molecule has 1 saturated carbocycles. The van der Waals surface area contributed by atoms with E-state index in [1.807, 2.05) is 12.1 Å². The summed E-state index contributed by atoms with van der Waals surface area (Å²) in [6, 6.07) is 9.05. The molecule has 1 N–H and O–H groups in total. The van der Waals surface area contributed by atoms with E-state index < -0.39 is 0 Å². The van der Waals surface area contributed by atoms with Crippen LogP contribution in [0.2, 0.25) is 5.02 Å². The lowest BCUT2D eigenvalue weighted by Gasteiger charge is -2.37. The monoisotopic (exact) mass is 320 g/mol. The average Bonchev–Trinajstić information content (AvgIpc) is 3.36. The number of amides is 1. The first-order chi connectivity index (χ1) is 10.7. The van der Waals surface area contributed by atoms with Gasteiger partial charge in [0.05, 0.1) is 0 Å². The number of likely N-dealkylation sites (tertiary alicyclic amines) is 1. The van der Waals surface area contributed by atoms with Crippen molar-refractivity contribution in [1.29, 1.82) is 0 Å². The molecule has 0 aromatic heterocycles. The van der Waals surface area contributed by atoms with Gasteiger partial charge in [0.2, 0.25) is 5.91 Å². The molecule has 1 aliphatic carbocycles. The lowest BCUT2D eigenvalue weighted by atomic mass is 9.97. The first-order valence-corrected chi connectivity index (χ1v) is 8.85. The number of benzene rings is 1. The van der Waals surface area contributed by atoms with E-state index in [0.717, 1.165) is 50.2 Å². The number of hydrogen-bond donors (Lipinski definition) is 1. The second kappa shape index (κ2) is 7.01. The van der Waals surface area contributed by atoms with Crippen molar-refractivity contribution >= 4 is 17.5 Å². The molecule has 1 aliphatic heterocycles. The van der Waals surface area contributed by atoms with E-state index in [1.54, 1.807) is 0 Å². The Kier molecular flexibility index (Phi) is 5.04. The van der Waals surface area contributed by atoms with E-state index in [0.29, 0.717) is 18.0 Å². The number of halogens is 1. The Morgan fingerprint density at radius 3 is 2.41 bits per heavy atom. The summed E-state index contributed by atoms with van der Waals surface area (Å²) in [4.78, 5) is 14.4. The topological polar surface area (TPSA) is 32.3 Å². The average molecular weight is 321 g/mol. The van der Waals surface area contributed by atoms with E-state index >= 15 is 0 Å². The van der Waals surface area contributed by atoms with Crippen LogP contribution in [0.15, 0.2) is 24.3 Å². The van der Waals surface area contributed by atoms with E-state index in [9.17, 15) is 4.79 Å². The fourth-order valence-corrected chi connectivity index (χ4v) is 3.54. The number of hydrogen-bond acceptors (Lipinski definition) is 2. The summed E-state index contributed by atoms with van der Waals surface area (Å²) >= 11 is 5.99. The number of nitrogens with zero attached hydrogens (tertiary/aromatic N) is 1. The van der Waals surface area contributed by atoms with Crippen LogP contribution in [0, 0.1) is 5.92 Å². The summed E-state index contributed by atoms with van der Waals surface area (Å²) in [6.07, 6.45) is 5.38. The molecule has 0 radical (unpaired) electrons. The summed E-state index contributed by atoms with van der Waals surface area (Å²) in [6.45, 7) is 4.34. The molecule has 2 aliphatic rings. The molecule has 1 saturated heterocycles. The lowest BCUT2D eigenvalue weighted by Crippen LogP contribution is -2.46. The molecular weight excluding hydrogens is 296 g/mol. The van der Waals surface area contributed by atoms with Gasteiger partial charge in [0, 0.05) is 36.1 Å². The highest BCUT2D eigenvalue weighted by Gasteiger charge is 2.32. The zero-order valence-corrected chi connectivity index (χ0v) is 14.0. The minimum atomic E-state index is 0.281. The predicted molar refractivity (Wildman–Crippen MR) is 89.9 cm³/mol. The molecule has 4 heteroatoms. The van der Waals surface area contributed by atoms with E-state index in [2.05, 4.69) is 29.3 Å². The summed E-state index contributed by atoms with van der Waals surface area (Å²) < 4.78 is 0. The number of nitrogens with one attached hydrogen (secondary N) is 1. The third-order valence-corrected chi connectivity index (χ3v) is 5.16. The molecule has 0 bridgehead atoms. The van der Waals surface area contributed by atoms with Gasteiger partial charge >= 0.3 is 0 Å². The first kappa shape index (κ1) is 15.8. The number of carbonyl (C=O) groups is 1. The maximum atomic E-state index is 11.9. The Balaban J connectivity index is 1.54. The van der Waals surface area contributed by atoms with Gasteiger partial charge in [-0.15, -0.1) is 0 Å². The van der Waals surface area contributed by atoms with Gasteiger partial charge in [-0.3, -0.25) is 9.69 Å². The van der Waals surface area contributed by atoms with Crippen LogP contribution in [-0.2, 0) is 4.79 Å². The summed E-state index contributed by atoms with van der Waals surface area (Å²) in [5.74, 6) is 0.596. The molecule has 3 nitrogen and oxygen atoms in total. The zero-order chi connectivity index (χ0) is 15.5. The van der Waals surface area contributed by atoms with Gasteiger partial charge in [0.15, 0.2) is 0 Å². The largest absolute Gasteiger partial charge is 0.353 e. The Labute approximate surface area is 138 Å². The van der Waals surface area contributed by atoms with E-state index in [1.165, 1.54) is 5.56 Å². The van der Waals surface area contributed by atoms with Crippen LogP contribution in [0.1, 0.15) is 50.6 Å². The second-order valence-electron chi connectivity index (χ2n) is 6.57. The van der Waals surface area contributed by atoms with Gasteiger partial charge in [-0.1, -0.05) is 30.7 Å². The molecule has 1 amide bonds. The van der Waals surface area contributed by atoms with Gasteiger partial charge in [-0.2, -0.15) is 0 Å². The van der Waals surface area contributed by atoms with Crippen molar-refractivity contribution in [2.75, 3.05) is 13.1 Å². The molecule has 22 heavy (non-hydrogen) atoms. The summed E-state index contributed by atoms with van der Waals surface area (Å²) in [7, 11) is 0. The van der Waals surface area contributed by atoms with E-state index in [4.69, 9.17) is 11.6 Å². The fraction of sp³-hybridized carbons (Fsp3) is 0.611. The highest BCUT2D eigenvalue weighted by molar-refractivity contribution is 6.30. The molecule has 1 heterocycles. The molecule has 0 spiro atoms. The van der Waals surface area contributed by atoms with Gasteiger partial charge < -0.3 is 5.32 Å². The van der Waals surface area contributed by atoms with Crippen molar-refractivity contribution in [3.05, 3.63) is 34.9 Å². The van der Waals surface area contributed by atoms with Crippen LogP contribution >= 0.6 is 11.6 Å². The lowest BCUT2D eigenvalue weighted by molar-refractivity contribution is -0.123. The van der Waals surface area contributed by atoms with Crippen molar-refractivity contribution in [3.63, 3.8) is 0 Å². The molecule has 1 aromatic rings. The summed E-state index contributed by atoms with van der Waals surface area (Å²) in [5.41, 5.74) is 1.34. The van der Waals surface area contributed by atoms with Gasteiger partial charge in [0.1, 0.15) is 0 Å². The van der Waals surface area contributed by atoms with Gasteiger partial charge in [-0.05, 0) is 49.8 Å². The Morgan fingerprint density at radius 2 is 1.86 bits per heavy atom. The SMILES string of the molecule is CC[C@H](c1ccc(Cl)cc1)N1CCC(NC(=O)C2CC2)CC1. The van der Waals surface area contributed by atoms with Crippen LogP contribution in [0.25, 0.3) is 0 Å². The van der Waals surface area contributed by atoms with Crippen molar-refractivity contribution in [1.82, 2.24) is 10.2 Å². The highest BCUT2D eigenvalue weighted by Crippen LogP contribution is 2.31. The van der Waals surface area contributed by atoms with Crippen LogP contribution in [-0.4, -0.2) is 29.9 Å². The second-order valence-corrected chi connectivity index (χ2v) is 7.01. The quantitative estimate of drug-likeness (QED) is 0.895. The minimum Gasteiger partial charge on any atom is -0.353 e. The minimum absolute atomic E-state index is 0.281. The molecule has 1 aromatic carbocycles. The maximum Gasteiger partial charge on any atom is 0.223 e. The van der Waals surface area contributed by atoms with Crippen molar-refractivity contribution in [2.24, 2.45) is 5.92 Å². The smallest absolute Gasteiger partial charge is 0.223 e. The molecule has 2 fully saturated rings. The Hall–Kier alpha value is -1.06.